The van der Waals surface area contributed by atoms with Crippen LogP contribution in [0.4, 0.5) is 0 Å². The van der Waals surface area contributed by atoms with Gasteiger partial charge in [-0.05, 0) is 6.07 Å². The fourth-order valence-corrected chi connectivity index (χ4v) is 2.86. The van der Waals surface area contributed by atoms with E-state index in [2.05, 4.69) is 19.1 Å². The smallest absolute Gasteiger partial charge is 0.133 e. The summed E-state index contributed by atoms with van der Waals surface area (Å²) in [5.41, 5.74) is 2.46. The van der Waals surface area contributed by atoms with Gasteiger partial charge >= 0.3 is 0 Å². The predicted octanol–water partition coefficient (Wildman–Crippen LogP) is 3.32. The lowest BCUT2D eigenvalue weighted by Gasteiger charge is -2.04. The summed E-state index contributed by atoms with van der Waals surface area (Å²) in [4.78, 5) is 0. The van der Waals surface area contributed by atoms with Crippen LogP contribution in [0.2, 0.25) is 10.0 Å². The zero-order chi connectivity index (χ0) is 12.7. The second-order valence-electron chi connectivity index (χ2n) is 3.44. The second-order valence-corrected chi connectivity index (χ2v) is 5.05. The van der Waals surface area contributed by atoms with Crippen molar-refractivity contribution in [3.05, 3.63) is 28.0 Å². The van der Waals surface area contributed by atoms with E-state index in [9.17, 15) is 0 Å². The van der Waals surface area contributed by atoms with Crippen molar-refractivity contribution in [2.24, 2.45) is 0 Å². The van der Waals surface area contributed by atoms with Crippen LogP contribution in [0.5, 0.6) is 0 Å². The lowest BCUT2D eigenvalue weighted by Crippen LogP contribution is -1.98. The Morgan fingerprint density at radius 3 is 2.67 bits per heavy atom. The third-order valence-electron chi connectivity index (χ3n) is 2.33. The van der Waals surface area contributed by atoms with Gasteiger partial charge in [0.05, 0.1) is 39.5 Å². The summed E-state index contributed by atoms with van der Waals surface area (Å²) in [6.07, 6.45) is 1.70. The van der Waals surface area contributed by atoms with Crippen molar-refractivity contribution >= 4 is 57.6 Å². The molecule has 9 heteroatoms. The molecule has 0 unspecified atom stereocenters. The molecular formula is C9H4Cl3N5S. The second kappa shape index (κ2) is 4.62. The molecule has 92 valence electrons. The van der Waals surface area contributed by atoms with Crippen molar-refractivity contribution in [3.8, 4) is 5.69 Å². The summed E-state index contributed by atoms with van der Waals surface area (Å²) in [5, 5.41) is 8.78. The van der Waals surface area contributed by atoms with Crippen LogP contribution in [0, 0.1) is 0 Å². The molecule has 0 aliphatic heterocycles. The van der Waals surface area contributed by atoms with Gasteiger partial charge in [0.1, 0.15) is 16.7 Å². The Morgan fingerprint density at radius 2 is 1.94 bits per heavy atom. The molecule has 0 aliphatic carbocycles. The van der Waals surface area contributed by atoms with Crippen LogP contribution in [-0.4, -0.2) is 23.7 Å². The molecule has 18 heavy (non-hydrogen) atoms. The van der Waals surface area contributed by atoms with E-state index in [0.29, 0.717) is 32.5 Å². The molecule has 0 saturated carbocycles. The zero-order valence-corrected chi connectivity index (χ0v) is 11.7. The van der Waals surface area contributed by atoms with E-state index >= 15 is 0 Å². The highest BCUT2D eigenvalue weighted by Crippen LogP contribution is 2.33. The van der Waals surface area contributed by atoms with Gasteiger partial charge in [0, 0.05) is 0 Å². The SMILES string of the molecule is ClCc1cn(-c2c(Cl)cc(Cl)c3nsnc23)nn1. The van der Waals surface area contributed by atoms with Gasteiger partial charge < -0.3 is 0 Å². The molecule has 2 heterocycles. The van der Waals surface area contributed by atoms with Gasteiger partial charge in [-0.15, -0.1) is 16.7 Å². The summed E-state index contributed by atoms with van der Waals surface area (Å²) in [6, 6.07) is 1.62. The summed E-state index contributed by atoms with van der Waals surface area (Å²) in [5.74, 6) is 0.281. The van der Waals surface area contributed by atoms with Gasteiger partial charge in [-0.2, -0.15) is 8.75 Å². The van der Waals surface area contributed by atoms with Crippen molar-refractivity contribution in [2.75, 3.05) is 0 Å². The van der Waals surface area contributed by atoms with Crippen LogP contribution in [0.1, 0.15) is 5.69 Å². The Balaban J connectivity index is 2.30. The highest BCUT2D eigenvalue weighted by molar-refractivity contribution is 7.00. The molecule has 0 N–H and O–H groups in total. The number of hydrogen-bond donors (Lipinski definition) is 0. The standard InChI is InChI=1S/C9H4Cl3N5S/c10-2-4-3-17(16-13-4)9-6(12)1-5(11)7-8(9)15-18-14-7/h1,3H,2H2. The maximum atomic E-state index is 6.18. The van der Waals surface area contributed by atoms with E-state index in [1.807, 2.05) is 0 Å². The summed E-state index contributed by atoms with van der Waals surface area (Å²) < 4.78 is 9.84. The number of benzene rings is 1. The van der Waals surface area contributed by atoms with Crippen molar-refractivity contribution in [3.63, 3.8) is 0 Å². The molecule has 5 nitrogen and oxygen atoms in total. The Morgan fingerprint density at radius 1 is 1.17 bits per heavy atom. The topological polar surface area (TPSA) is 56.5 Å². The first-order valence-electron chi connectivity index (χ1n) is 4.78. The molecule has 0 saturated heterocycles. The highest BCUT2D eigenvalue weighted by atomic mass is 35.5. The first kappa shape index (κ1) is 12.1. The van der Waals surface area contributed by atoms with Crippen LogP contribution in [0.25, 0.3) is 16.7 Å². The summed E-state index contributed by atoms with van der Waals surface area (Å²) in [6.45, 7) is 0. The van der Waals surface area contributed by atoms with E-state index in [-0.39, 0.29) is 5.88 Å². The minimum atomic E-state index is 0.281. The quantitative estimate of drug-likeness (QED) is 0.680. The van der Waals surface area contributed by atoms with Gasteiger partial charge in [-0.3, -0.25) is 0 Å². The average Bonchev–Trinajstić information content (AvgIpc) is 2.97. The minimum absolute atomic E-state index is 0.281. The highest BCUT2D eigenvalue weighted by Gasteiger charge is 2.16. The van der Waals surface area contributed by atoms with E-state index in [1.54, 1.807) is 12.3 Å². The Bertz CT molecular complexity index is 722. The fourth-order valence-electron chi connectivity index (χ4n) is 1.55. The molecule has 0 spiro atoms. The number of halogens is 3. The van der Waals surface area contributed by atoms with E-state index in [0.717, 1.165) is 11.7 Å². The number of hydrogen-bond acceptors (Lipinski definition) is 5. The van der Waals surface area contributed by atoms with Crippen molar-refractivity contribution < 1.29 is 0 Å². The lowest BCUT2D eigenvalue weighted by molar-refractivity contribution is 0.804. The monoisotopic (exact) mass is 319 g/mol. The number of alkyl halides is 1. The third-order valence-corrected chi connectivity index (χ3v) is 3.70. The lowest BCUT2D eigenvalue weighted by atomic mass is 10.2. The molecule has 2 aromatic heterocycles. The Kier molecular flexibility index (Phi) is 3.11. The van der Waals surface area contributed by atoms with Crippen LogP contribution in [0.15, 0.2) is 12.3 Å². The summed E-state index contributed by atoms with van der Waals surface area (Å²) in [7, 11) is 0. The molecule has 0 radical (unpaired) electrons. The Labute approximate surface area is 121 Å². The van der Waals surface area contributed by atoms with E-state index in [1.165, 1.54) is 4.68 Å². The largest absolute Gasteiger partial charge is 0.217 e. The van der Waals surface area contributed by atoms with Crippen LogP contribution >= 0.6 is 46.5 Å². The molecule has 1 aromatic carbocycles. The van der Waals surface area contributed by atoms with Crippen LogP contribution in [0.3, 0.4) is 0 Å². The fraction of sp³-hybridized carbons (Fsp3) is 0.111. The van der Waals surface area contributed by atoms with Gasteiger partial charge in [-0.25, -0.2) is 4.68 Å². The van der Waals surface area contributed by atoms with Crippen molar-refractivity contribution in [2.45, 2.75) is 5.88 Å². The van der Waals surface area contributed by atoms with Gasteiger partial charge in [0.15, 0.2) is 0 Å². The number of nitrogens with zero attached hydrogens (tertiary/aromatic N) is 5. The maximum absolute atomic E-state index is 6.18. The molecule has 3 aromatic rings. The normalized spacial score (nSPS) is 11.3. The first-order valence-corrected chi connectivity index (χ1v) is 6.80. The molecular weight excluding hydrogens is 317 g/mol. The first-order chi connectivity index (χ1) is 8.70. The van der Waals surface area contributed by atoms with E-state index < -0.39 is 0 Å². The third kappa shape index (κ3) is 1.85. The van der Waals surface area contributed by atoms with Gasteiger partial charge in [0.2, 0.25) is 0 Å². The van der Waals surface area contributed by atoms with Crippen LogP contribution < -0.4 is 0 Å². The predicted molar refractivity (Wildman–Crippen MR) is 71.9 cm³/mol. The molecule has 0 amide bonds. The molecule has 0 atom stereocenters. The average molecular weight is 321 g/mol. The van der Waals surface area contributed by atoms with E-state index in [4.69, 9.17) is 34.8 Å². The molecule has 0 fully saturated rings. The minimum Gasteiger partial charge on any atom is -0.217 e. The zero-order valence-electron chi connectivity index (χ0n) is 8.64. The summed E-state index contributed by atoms with van der Waals surface area (Å²) >= 11 is 19.0. The van der Waals surface area contributed by atoms with Crippen LogP contribution in [-0.2, 0) is 5.88 Å². The van der Waals surface area contributed by atoms with Gasteiger partial charge in [-0.1, -0.05) is 28.4 Å². The molecule has 0 bridgehead atoms. The molecule has 3 rings (SSSR count). The molecule has 0 aliphatic rings. The number of fused-ring (bicyclic) bond motifs is 1. The maximum Gasteiger partial charge on any atom is 0.133 e. The van der Waals surface area contributed by atoms with Gasteiger partial charge in [0.25, 0.3) is 0 Å². The number of aromatic nitrogens is 5. The van der Waals surface area contributed by atoms with Crippen molar-refractivity contribution in [1.82, 2.24) is 23.7 Å². The van der Waals surface area contributed by atoms with Crippen molar-refractivity contribution in [1.29, 1.82) is 0 Å². The Hall–Kier alpha value is -0.950. The number of rotatable bonds is 2.